The minimum atomic E-state index is -3.92. The lowest BCUT2D eigenvalue weighted by atomic mass is 10.1. The van der Waals surface area contributed by atoms with Crippen LogP contribution in [0.2, 0.25) is 5.02 Å². The molecular formula is C23H23ClN2O4S. The molecule has 1 unspecified atom stereocenters. The van der Waals surface area contributed by atoms with E-state index < -0.39 is 22.0 Å². The molecule has 2 N–H and O–H groups in total. The fourth-order valence-electron chi connectivity index (χ4n) is 2.96. The van der Waals surface area contributed by atoms with E-state index >= 15 is 0 Å². The van der Waals surface area contributed by atoms with Crippen molar-refractivity contribution in [3.8, 4) is 5.75 Å². The molecule has 162 valence electrons. The molecule has 0 aliphatic rings. The quantitative estimate of drug-likeness (QED) is 0.513. The topological polar surface area (TPSA) is 84.5 Å². The lowest BCUT2D eigenvalue weighted by Gasteiger charge is -2.19. The highest BCUT2D eigenvalue weighted by Crippen LogP contribution is 2.16. The van der Waals surface area contributed by atoms with Crippen LogP contribution in [0.3, 0.4) is 0 Å². The summed E-state index contributed by atoms with van der Waals surface area (Å²) < 4.78 is 33.4. The average Bonchev–Trinajstić information content (AvgIpc) is 2.78. The molecule has 0 aromatic heterocycles. The van der Waals surface area contributed by atoms with Gasteiger partial charge in [0.05, 0.1) is 12.0 Å². The van der Waals surface area contributed by atoms with E-state index in [-0.39, 0.29) is 17.9 Å². The molecular weight excluding hydrogens is 436 g/mol. The summed E-state index contributed by atoms with van der Waals surface area (Å²) in [4.78, 5) is 13.0. The largest absolute Gasteiger partial charge is 0.497 e. The van der Waals surface area contributed by atoms with Crippen LogP contribution in [0.4, 0.5) is 0 Å². The van der Waals surface area contributed by atoms with Crippen molar-refractivity contribution in [2.75, 3.05) is 7.11 Å². The fourth-order valence-corrected chi connectivity index (χ4v) is 4.28. The molecule has 0 fully saturated rings. The van der Waals surface area contributed by atoms with Gasteiger partial charge >= 0.3 is 0 Å². The maximum Gasteiger partial charge on any atom is 0.241 e. The molecule has 0 saturated heterocycles. The number of halogens is 1. The van der Waals surface area contributed by atoms with Crippen LogP contribution in [0.15, 0.2) is 83.8 Å². The molecule has 1 amide bonds. The Morgan fingerprint density at radius 3 is 2.19 bits per heavy atom. The number of rotatable bonds is 9. The van der Waals surface area contributed by atoms with Gasteiger partial charge in [-0.25, -0.2) is 8.42 Å². The lowest BCUT2D eigenvalue weighted by Crippen LogP contribution is -2.47. The molecule has 31 heavy (non-hydrogen) atoms. The highest BCUT2D eigenvalue weighted by molar-refractivity contribution is 7.89. The van der Waals surface area contributed by atoms with E-state index in [1.807, 2.05) is 30.3 Å². The Balaban J connectivity index is 1.77. The van der Waals surface area contributed by atoms with Gasteiger partial charge in [-0.1, -0.05) is 54.1 Å². The fraction of sp³-hybridized carbons (Fsp3) is 0.174. The number of amides is 1. The maximum atomic E-state index is 12.9. The van der Waals surface area contributed by atoms with Crippen molar-refractivity contribution in [3.63, 3.8) is 0 Å². The van der Waals surface area contributed by atoms with E-state index in [9.17, 15) is 13.2 Å². The first-order valence-electron chi connectivity index (χ1n) is 9.60. The second kappa shape index (κ2) is 10.4. The van der Waals surface area contributed by atoms with E-state index in [0.29, 0.717) is 10.8 Å². The van der Waals surface area contributed by atoms with Crippen LogP contribution in [-0.2, 0) is 27.8 Å². The average molecular weight is 459 g/mol. The number of methoxy groups -OCH3 is 1. The van der Waals surface area contributed by atoms with Crippen LogP contribution in [0.1, 0.15) is 11.1 Å². The van der Waals surface area contributed by atoms with Gasteiger partial charge in [-0.3, -0.25) is 4.79 Å². The van der Waals surface area contributed by atoms with Crippen molar-refractivity contribution in [3.05, 3.63) is 95.0 Å². The second-order valence-corrected chi connectivity index (χ2v) is 9.03. The summed E-state index contributed by atoms with van der Waals surface area (Å²) in [5, 5.41) is 3.40. The smallest absolute Gasteiger partial charge is 0.241 e. The third-order valence-corrected chi connectivity index (χ3v) is 6.39. The summed E-state index contributed by atoms with van der Waals surface area (Å²) in [6.45, 7) is 0.256. The molecule has 3 aromatic carbocycles. The standard InChI is InChI=1S/C23H23ClN2O4S/c1-30-20-11-13-21(14-12-20)31(28,29)26-22(15-17-5-3-2-4-6-17)23(27)25-16-18-7-9-19(24)10-8-18/h2-14,22,26H,15-16H2,1H3,(H,25,27). The number of carbonyl (C=O) groups is 1. The SMILES string of the molecule is COc1ccc(S(=O)(=O)NC(Cc2ccccc2)C(=O)NCc2ccc(Cl)cc2)cc1. The Bertz CT molecular complexity index is 1100. The van der Waals surface area contributed by atoms with Crippen LogP contribution in [-0.4, -0.2) is 27.5 Å². The van der Waals surface area contributed by atoms with Crippen molar-refractivity contribution < 1.29 is 17.9 Å². The number of hydrogen-bond acceptors (Lipinski definition) is 4. The van der Waals surface area contributed by atoms with Gasteiger partial charge in [-0.2, -0.15) is 4.72 Å². The Morgan fingerprint density at radius 1 is 0.935 bits per heavy atom. The summed E-state index contributed by atoms with van der Waals surface area (Å²) in [6, 6.07) is 21.3. The zero-order chi connectivity index (χ0) is 22.3. The van der Waals surface area contributed by atoms with Crippen LogP contribution in [0.5, 0.6) is 5.75 Å². The Hall–Kier alpha value is -2.87. The number of ether oxygens (including phenoxy) is 1. The Morgan fingerprint density at radius 2 is 1.58 bits per heavy atom. The molecule has 0 radical (unpaired) electrons. The molecule has 0 aliphatic heterocycles. The minimum absolute atomic E-state index is 0.0527. The predicted octanol–water partition coefficient (Wildman–Crippen LogP) is 3.55. The van der Waals surface area contributed by atoms with Crippen molar-refractivity contribution >= 4 is 27.5 Å². The molecule has 0 aliphatic carbocycles. The first-order valence-corrected chi connectivity index (χ1v) is 11.5. The molecule has 0 spiro atoms. The Kier molecular flexibility index (Phi) is 7.68. The van der Waals surface area contributed by atoms with Gasteiger partial charge in [-0.15, -0.1) is 0 Å². The summed E-state index contributed by atoms with van der Waals surface area (Å²) >= 11 is 5.89. The van der Waals surface area contributed by atoms with E-state index in [2.05, 4.69) is 10.0 Å². The number of benzene rings is 3. The van der Waals surface area contributed by atoms with E-state index in [1.54, 1.807) is 36.4 Å². The lowest BCUT2D eigenvalue weighted by molar-refractivity contribution is -0.122. The van der Waals surface area contributed by atoms with Gasteiger partial charge in [0, 0.05) is 11.6 Å². The maximum absolute atomic E-state index is 12.9. The van der Waals surface area contributed by atoms with Gasteiger partial charge in [0.2, 0.25) is 15.9 Å². The van der Waals surface area contributed by atoms with Gasteiger partial charge in [-0.05, 0) is 53.9 Å². The first kappa shape index (κ1) is 22.8. The predicted molar refractivity (Wildman–Crippen MR) is 121 cm³/mol. The van der Waals surface area contributed by atoms with E-state index in [0.717, 1.165) is 11.1 Å². The number of carbonyl (C=O) groups excluding carboxylic acids is 1. The first-order chi connectivity index (χ1) is 14.9. The summed E-state index contributed by atoms with van der Waals surface area (Å²) in [5.41, 5.74) is 1.70. The van der Waals surface area contributed by atoms with Crippen LogP contribution in [0.25, 0.3) is 0 Å². The molecule has 0 saturated carbocycles. The third-order valence-electron chi connectivity index (χ3n) is 4.65. The molecule has 1 atom stereocenters. The highest BCUT2D eigenvalue weighted by atomic mass is 35.5. The van der Waals surface area contributed by atoms with Gasteiger partial charge < -0.3 is 10.1 Å². The van der Waals surface area contributed by atoms with Gasteiger partial charge in [0.1, 0.15) is 11.8 Å². The number of hydrogen-bond donors (Lipinski definition) is 2. The summed E-state index contributed by atoms with van der Waals surface area (Å²) in [6.07, 6.45) is 0.211. The second-order valence-electron chi connectivity index (χ2n) is 6.88. The van der Waals surface area contributed by atoms with Crippen molar-refractivity contribution in [1.29, 1.82) is 0 Å². The number of nitrogens with one attached hydrogen (secondary N) is 2. The van der Waals surface area contributed by atoms with Crippen molar-refractivity contribution in [2.24, 2.45) is 0 Å². The van der Waals surface area contributed by atoms with Gasteiger partial charge in [0.25, 0.3) is 0 Å². The van der Waals surface area contributed by atoms with E-state index in [1.165, 1.54) is 19.2 Å². The Labute approximate surface area is 187 Å². The normalized spacial score (nSPS) is 12.2. The molecule has 8 heteroatoms. The zero-order valence-corrected chi connectivity index (χ0v) is 18.5. The third kappa shape index (κ3) is 6.55. The zero-order valence-electron chi connectivity index (χ0n) is 16.9. The monoisotopic (exact) mass is 458 g/mol. The van der Waals surface area contributed by atoms with Crippen molar-refractivity contribution in [2.45, 2.75) is 23.9 Å². The highest BCUT2D eigenvalue weighted by Gasteiger charge is 2.26. The molecule has 6 nitrogen and oxygen atoms in total. The molecule has 0 bridgehead atoms. The molecule has 0 heterocycles. The summed E-state index contributed by atoms with van der Waals surface area (Å²) in [7, 11) is -2.42. The minimum Gasteiger partial charge on any atom is -0.497 e. The van der Waals surface area contributed by atoms with Crippen LogP contribution in [0, 0.1) is 0 Å². The molecule has 3 rings (SSSR count). The van der Waals surface area contributed by atoms with Crippen LogP contribution < -0.4 is 14.8 Å². The molecule has 3 aromatic rings. The van der Waals surface area contributed by atoms with Crippen molar-refractivity contribution in [1.82, 2.24) is 10.0 Å². The van der Waals surface area contributed by atoms with E-state index in [4.69, 9.17) is 16.3 Å². The summed E-state index contributed by atoms with van der Waals surface area (Å²) in [5.74, 6) is 0.122. The number of sulfonamides is 1. The van der Waals surface area contributed by atoms with Gasteiger partial charge in [0.15, 0.2) is 0 Å². The van der Waals surface area contributed by atoms with Crippen LogP contribution >= 0.6 is 11.6 Å².